The van der Waals surface area contributed by atoms with E-state index in [1.165, 1.54) is 0 Å². The number of hydrogen-bond donors (Lipinski definition) is 1. The molecule has 10 nitrogen and oxygen atoms in total. The average Bonchev–Trinajstić information content (AvgIpc) is 3.21. The lowest BCUT2D eigenvalue weighted by Crippen LogP contribution is -2.48. The molecule has 4 rings (SSSR count). The molecule has 1 aliphatic heterocycles. The maximum Gasteiger partial charge on any atom is 0.240 e. The number of carbonyl (C=O) groups excluding carboxylic acids is 1. The predicted octanol–water partition coefficient (Wildman–Crippen LogP) is 1.58. The highest BCUT2D eigenvalue weighted by atomic mass is 16.5. The largest absolute Gasteiger partial charge is 0.497 e. The van der Waals surface area contributed by atoms with E-state index in [-0.39, 0.29) is 18.4 Å². The minimum atomic E-state index is -0.129. The van der Waals surface area contributed by atoms with E-state index in [2.05, 4.69) is 25.4 Å². The number of anilines is 1. The van der Waals surface area contributed by atoms with Gasteiger partial charge >= 0.3 is 0 Å². The van der Waals surface area contributed by atoms with Crippen molar-refractivity contribution in [1.82, 2.24) is 25.0 Å². The predicted molar refractivity (Wildman–Crippen MR) is 103 cm³/mol. The Balaban J connectivity index is 1.30. The second-order valence-corrected chi connectivity index (χ2v) is 6.53. The van der Waals surface area contributed by atoms with Gasteiger partial charge in [0.1, 0.15) is 11.5 Å². The fourth-order valence-corrected chi connectivity index (χ4v) is 3.06. The minimum absolute atomic E-state index is 0.0864. The Bertz CT molecular complexity index is 987. The van der Waals surface area contributed by atoms with Crippen LogP contribution in [0.1, 0.15) is 11.8 Å². The summed E-state index contributed by atoms with van der Waals surface area (Å²) in [4.78, 5) is 26.9. The normalized spacial score (nSPS) is 14.3. The lowest BCUT2D eigenvalue weighted by atomic mass is 10.0. The van der Waals surface area contributed by atoms with Crippen molar-refractivity contribution in [2.45, 2.75) is 5.92 Å². The third-order valence-electron chi connectivity index (χ3n) is 4.56. The highest BCUT2D eigenvalue weighted by molar-refractivity contribution is 5.93. The van der Waals surface area contributed by atoms with E-state index >= 15 is 0 Å². The molecule has 0 aliphatic carbocycles. The van der Waals surface area contributed by atoms with Crippen LogP contribution in [0.25, 0.3) is 11.6 Å². The number of methoxy groups -OCH3 is 2. The first-order chi connectivity index (χ1) is 14.2. The first-order valence-electron chi connectivity index (χ1n) is 9.01. The molecule has 1 N–H and O–H groups in total. The highest BCUT2D eigenvalue weighted by Crippen LogP contribution is 2.30. The molecule has 0 spiro atoms. The second kappa shape index (κ2) is 8.23. The molecule has 2 aromatic heterocycles. The first kappa shape index (κ1) is 18.8. The van der Waals surface area contributed by atoms with Crippen LogP contribution in [0.5, 0.6) is 11.5 Å². The third-order valence-corrected chi connectivity index (χ3v) is 4.56. The quantitative estimate of drug-likeness (QED) is 0.635. The van der Waals surface area contributed by atoms with E-state index in [9.17, 15) is 4.79 Å². The minimum Gasteiger partial charge on any atom is -0.497 e. The van der Waals surface area contributed by atoms with E-state index in [1.54, 1.807) is 50.9 Å². The summed E-state index contributed by atoms with van der Waals surface area (Å²) in [5, 5.41) is 6.79. The number of rotatable bonds is 7. The second-order valence-electron chi connectivity index (χ2n) is 6.53. The van der Waals surface area contributed by atoms with Crippen molar-refractivity contribution < 1.29 is 18.8 Å². The molecule has 3 aromatic rings. The van der Waals surface area contributed by atoms with Gasteiger partial charge in [0.2, 0.25) is 23.4 Å². The number of nitrogens with zero attached hydrogens (tertiary/aromatic N) is 5. The van der Waals surface area contributed by atoms with Gasteiger partial charge in [0.25, 0.3) is 0 Å². The fourth-order valence-electron chi connectivity index (χ4n) is 3.06. The summed E-state index contributed by atoms with van der Waals surface area (Å²) in [6.45, 7) is 1.57. The fraction of sp³-hybridized carbons (Fsp3) is 0.316. The van der Waals surface area contributed by atoms with E-state index in [0.717, 1.165) is 0 Å². The zero-order valence-electron chi connectivity index (χ0n) is 16.0. The van der Waals surface area contributed by atoms with Crippen LogP contribution in [0.4, 0.5) is 5.69 Å². The number of ether oxygens (including phenoxy) is 2. The Morgan fingerprint density at radius 3 is 2.72 bits per heavy atom. The van der Waals surface area contributed by atoms with Crippen molar-refractivity contribution in [3.05, 3.63) is 42.5 Å². The molecule has 1 saturated heterocycles. The molecular weight excluding hydrogens is 376 g/mol. The molecule has 150 valence electrons. The molecule has 0 saturated carbocycles. The number of aromatic nitrogens is 4. The molecule has 0 unspecified atom stereocenters. The van der Waals surface area contributed by atoms with Crippen LogP contribution in [0.2, 0.25) is 0 Å². The summed E-state index contributed by atoms with van der Waals surface area (Å²) in [6.07, 6.45) is 3.25. The molecule has 0 atom stereocenters. The van der Waals surface area contributed by atoms with E-state index in [1.807, 2.05) is 4.90 Å². The van der Waals surface area contributed by atoms with E-state index in [4.69, 9.17) is 14.0 Å². The molecule has 1 aliphatic rings. The Morgan fingerprint density at radius 1 is 1.21 bits per heavy atom. The molecule has 10 heteroatoms. The third kappa shape index (κ3) is 4.16. The van der Waals surface area contributed by atoms with Gasteiger partial charge < -0.3 is 19.3 Å². The summed E-state index contributed by atoms with van der Waals surface area (Å²) < 4.78 is 15.8. The number of hydrogen-bond acceptors (Lipinski definition) is 9. The Labute approximate surface area is 166 Å². The van der Waals surface area contributed by atoms with Gasteiger partial charge in [-0.2, -0.15) is 4.98 Å². The monoisotopic (exact) mass is 396 g/mol. The van der Waals surface area contributed by atoms with Crippen LogP contribution in [0, 0.1) is 0 Å². The van der Waals surface area contributed by atoms with Crippen LogP contribution in [0.15, 0.2) is 41.2 Å². The van der Waals surface area contributed by atoms with Gasteiger partial charge in [-0.05, 0) is 18.2 Å². The maximum atomic E-state index is 12.4. The SMILES string of the molecule is COc1ccc(NC(=O)CN2CC(c3nc(-c4ncccn4)no3)C2)c(OC)c1. The first-order valence-corrected chi connectivity index (χ1v) is 9.01. The van der Waals surface area contributed by atoms with Crippen LogP contribution in [-0.2, 0) is 4.79 Å². The van der Waals surface area contributed by atoms with Gasteiger partial charge in [0.15, 0.2) is 0 Å². The van der Waals surface area contributed by atoms with Crippen molar-refractivity contribution in [3.63, 3.8) is 0 Å². The zero-order chi connectivity index (χ0) is 20.2. The van der Waals surface area contributed by atoms with Crippen LogP contribution in [-0.4, -0.2) is 64.8 Å². The summed E-state index contributed by atoms with van der Waals surface area (Å²) >= 11 is 0. The molecule has 0 bridgehead atoms. The molecule has 1 fully saturated rings. The molecule has 1 amide bonds. The molecule has 1 aromatic carbocycles. The summed E-state index contributed by atoms with van der Waals surface area (Å²) in [5.74, 6) is 2.47. The molecule has 0 radical (unpaired) electrons. The van der Waals surface area contributed by atoms with Gasteiger partial charge in [0, 0.05) is 31.5 Å². The molecule has 3 heterocycles. The Morgan fingerprint density at radius 2 is 2.00 bits per heavy atom. The highest BCUT2D eigenvalue weighted by Gasteiger charge is 2.34. The topological polar surface area (TPSA) is 116 Å². The van der Waals surface area contributed by atoms with Crippen molar-refractivity contribution in [3.8, 4) is 23.1 Å². The van der Waals surface area contributed by atoms with Crippen molar-refractivity contribution in [2.24, 2.45) is 0 Å². The van der Waals surface area contributed by atoms with Gasteiger partial charge in [-0.25, -0.2) is 9.97 Å². The van der Waals surface area contributed by atoms with Crippen molar-refractivity contribution in [2.75, 3.05) is 39.2 Å². The Kier molecular flexibility index (Phi) is 5.34. The lowest BCUT2D eigenvalue weighted by Gasteiger charge is -2.36. The van der Waals surface area contributed by atoms with Gasteiger partial charge in [-0.3, -0.25) is 9.69 Å². The zero-order valence-corrected chi connectivity index (χ0v) is 16.0. The number of benzene rings is 1. The average molecular weight is 396 g/mol. The maximum absolute atomic E-state index is 12.4. The number of nitrogens with one attached hydrogen (secondary N) is 1. The van der Waals surface area contributed by atoms with Gasteiger partial charge in [0.05, 0.1) is 32.4 Å². The van der Waals surface area contributed by atoms with Crippen LogP contribution < -0.4 is 14.8 Å². The van der Waals surface area contributed by atoms with Crippen molar-refractivity contribution in [1.29, 1.82) is 0 Å². The van der Waals surface area contributed by atoms with Crippen LogP contribution in [0.3, 0.4) is 0 Å². The summed E-state index contributed by atoms with van der Waals surface area (Å²) in [6, 6.07) is 6.96. The smallest absolute Gasteiger partial charge is 0.240 e. The van der Waals surface area contributed by atoms with Crippen molar-refractivity contribution >= 4 is 11.6 Å². The van der Waals surface area contributed by atoms with E-state index in [0.29, 0.717) is 47.8 Å². The molecule has 29 heavy (non-hydrogen) atoms. The number of carbonyl (C=O) groups is 1. The summed E-state index contributed by atoms with van der Waals surface area (Å²) in [7, 11) is 3.12. The van der Waals surface area contributed by atoms with Crippen LogP contribution >= 0.6 is 0 Å². The summed E-state index contributed by atoms with van der Waals surface area (Å²) in [5.41, 5.74) is 0.597. The standard InChI is InChI=1S/C19H20N6O4/c1-27-13-4-5-14(15(8-13)28-2)22-16(26)11-25-9-12(10-25)19-23-18(24-29-19)17-20-6-3-7-21-17/h3-8,12H,9-11H2,1-2H3,(H,22,26). The number of likely N-dealkylation sites (tertiary alicyclic amines) is 1. The lowest BCUT2D eigenvalue weighted by molar-refractivity contribution is -0.118. The Hall–Kier alpha value is -3.53. The van der Waals surface area contributed by atoms with Gasteiger partial charge in [-0.15, -0.1) is 0 Å². The molecular formula is C19H20N6O4. The number of amides is 1. The van der Waals surface area contributed by atoms with E-state index < -0.39 is 0 Å². The van der Waals surface area contributed by atoms with Gasteiger partial charge in [-0.1, -0.05) is 5.16 Å².